The van der Waals surface area contributed by atoms with Crippen LogP contribution in [0.15, 0.2) is 82.7 Å². The van der Waals surface area contributed by atoms with Crippen LogP contribution in [0, 0.1) is 13.8 Å². The Balaban J connectivity index is 1.68. The normalized spacial score (nSPS) is 24.0. The highest BCUT2D eigenvalue weighted by atomic mass is 32.2. The van der Waals surface area contributed by atoms with E-state index >= 15 is 0 Å². The van der Waals surface area contributed by atoms with E-state index in [9.17, 15) is 18.3 Å². The van der Waals surface area contributed by atoms with Gasteiger partial charge in [-0.2, -0.15) is 0 Å². The van der Waals surface area contributed by atoms with Gasteiger partial charge >= 0.3 is 0 Å². The van der Waals surface area contributed by atoms with Crippen molar-refractivity contribution in [1.82, 2.24) is 9.62 Å². The van der Waals surface area contributed by atoms with Crippen molar-refractivity contribution in [2.75, 3.05) is 0 Å². The Morgan fingerprint density at radius 2 is 1.68 bits per heavy atom. The fourth-order valence-electron chi connectivity index (χ4n) is 5.27. The van der Waals surface area contributed by atoms with Gasteiger partial charge in [0.1, 0.15) is 0 Å². The summed E-state index contributed by atoms with van der Waals surface area (Å²) in [7, 11) is -4.13. The number of nitrogens with two attached hydrogens (primary N) is 1. The Morgan fingerprint density at radius 3 is 2.42 bits per heavy atom. The Hall–Kier alpha value is -3.95. The number of amides is 1. The quantitative estimate of drug-likeness (QED) is 0.445. The number of carbonyl (C=O) groups excluding carboxylic acids is 1. The second kappa shape index (κ2) is 10.1. The molecule has 2 bridgehead atoms. The largest absolute Gasteiger partial charge is 0.389 e. The summed E-state index contributed by atoms with van der Waals surface area (Å²) in [4.78, 5) is 19.8. The number of rotatable bonds is 1. The number of nitrogens with one attached hydrogen (secondary N) is 1. The lowest BCUT2D eigenvalue weighted by atomic mass is 9.89. The Kier molecular flexibility index (Phi) is 6.81. The zero-order valence-corrected chi connectivity index (χ0v) is 22.1. The second-order valence-electron chi connectivity index (χ2n) is 9.81. The molecule has 0 fully saturated rings. The molecule has 3 aromatic carbocycles. The summed E-state index contributed by atoms with van der Waals surface area (Å²) in [6, 6.07) is 19.2. The lowest BCUT2D eigenvalue weighted by Crippen LogP contribution is -2.46. The van der Waals surface area contributed by atoms with Crippen molar-refractivity contribution < 1.29 is 18.3 Å². The lowest BCUT2D eigenvalue weighted by molar-refractivity contribution is 0.0574. The van der Waals surface area contributed by atoms with Gasteiger partial charge in [0.05, 0.1) is 16.7 Å². The number of hydrogen-bond acceptors (Lipinski definition) is 6. The minimum atomic E-state index is -4.13. The molecule has 196 valence electrons. The molecule has 9 heteroatoms. The van der Waals surface area contributed by atoms with Crippen LogP contribution in [0.5, 0.6) is 0 Å². The van der Waals surface area contributed by atoms with Gasteiger partial charge < -0.3 is 15.7 Å². The molecular formula is C29H30N4O4S. The first-order valence-corrected chi connectivity index (χ1v) is 13.9. The van der Waals surface area contributed by atoms with E-state index in [0.717, 1.165) is 27.8 Å². The molecule has 2 aliphatic heterocycles. The highest BCUT2D eigenvalue weighted by Gasteiger charge is 2.32. The van der Waals surface area contributed by atoms with E-state index in [0.29, 0.717) is 18.7 Å². The molecule has 0 aliphatic carbocycles. The molecule has 0 saturated heterocycles. The van der Waals surface area contributed by atoms with E-state index in [2.05, 4.69) is 9.71 Å². The van der Waals surface area contributed by atoms with E-state index in [-0.39, 0.29) is 34.8 Å². The van der Waals surface area contributed by atoms with Crippen molar-refractivity contribution in [2.45, 2.75) is 50.3 Å². The predicted molar refractivity (Wildman–Crippen MR) is 147 cm³/mol. The van der Waals surface area contributed by atoms with Gasteiger partial charge in [0.25, 0.3) is 15.9 Å². The number of guanidine groups is 1. The molecule has 2 atom stereocenters. The molecule has 2 aliphatic rings. The molecule has 0 radical (unpaired) electrons. The third-order valence-electron chi connectivity index (χ3n) is 7.09. The first-order valence-electron chi connectivity index (χ1n) is 12.4. The van der Waals surface area contributed by atoms with Gasteiger partial charge in [-0.05, 0) is 73.2 Å². The van der Waals surface area contributed by atoms with E-state index in [1.54, 1.807) is 17.0 Å². The number of nitrogens with zero attached hydrogens (tertiary/aromatic N) is 2. The molecule has 0 saturated carbocycles. The number of aliphatic hydroxyl groups excluding tert-OH is 1. The van der Waals surface area contributed by atoms with Gasteiger partial charge in [-0.1, -0.05) is 48.5 Å². The Morgan fingerprint density at radius 1 is 1.00 bits per heavy atom. The average Bonchev–Trinajstić information content (AvgIpc) is 2.87. The van der Waals surface area contributed by atoms with Crippen molar-refractivity contribution in [3.05, 3.63) is 106 Å². The van der Waals surface area contributed by atoms with Crippen LogP contribution in [0.1, 0.15) is 44.6 Å². The van der Waals surface area contributed by atoms with Gasteiger partial charge in [-0.3, -0.25) is 4.79 Å². The number of carbonyl (C=O) groups is 1. The second-order valence-corrected chi connectivity index (χ2v) is 11.5. The van der Waals surface area contributed by atoms with Crippen LogP contribution >= 0.6 is 0 Å². The van der Waals surface area contributed by atoms with Crippen molar-refractivity contribution in [3.63, 3.8) is 0 Å². The number of sulfonamides is 1. The van der Waals surface area contributed by atoms with Crippen LogP contribution in [0.4, 0.5) is 0 Å². The third-order valence-corrected chi connectivity index (χ3v) is 8.44. The lowest BCUT2D eigenvalue weighted by Gasteiger charge is -2.38. The monoisotopic (exact) mass is 530 g/mol. The maximum Gasteiger partial charge on any atom is 0.264 e. The molecule has 5 rings (SSSR count). The third kappa shape index (κ3) is 5.07. The summed E-state index contributed by atoms with van der Waals surface area (Å²) in [5.74, 6) is -0.639. The summed E-state index contributed by atoms with van der Waals surface area (Å²) in [6.07, 6.45) is 1.45. The average molecular weight is 531 g/mol. The number of aliphatic imine (C=N–C) groups is 1. The number of benzene rings is 3. The fourth-order valence-corrected chi connectivity index (χ4v) is 6.25. The van der Waals surface area contributed by atoms with Gasteiger partial charge in [-0.15, -0.1) is 0 Å². The summed E-state index contributed by atoms with van der Waals surface area (Å²) in [6.45, 7) is 4.20. The molecule has 4 N–H and O–H groups in total. The molecule has 38 heavy (non-hydrogen) atoms. The van der Waals surface area contributed by atoms with Crippen LogP contribution in [0.3, 0.4) is 0 Å². The van der Waals surface area contributed by atoms with Gasteiger partial charge in [0.15, 0.2) is 0 Å². The Labute approximate surface area is 222 Å². The highest BCUT2D eigenvalue weighted by molar-refractivity contribution is 7.90. The topological polar surface area (TPSA) is 125 Å². The maximum atomic E-state index is 13.7. The smallest absolute Gasteiger partial charge is 0.264 e. The molecule has 8 nitrogen and oxygen atoms in total. The standard InChI is InChI=1S/C29H30N4O4S/c1-18-7-5-8-19(2)27(18)26-16-24(34)15-23-13-20-9-3-4-10-22(20)17-33(23)28(35)21-11-6-12-25(14-21)38(36,37)32-29(30)31-26/h3-12,14,16,23-24,34H,13,15,17H2,1-2H3,(H3,30,31,32)/b26-16-/t23-,24?/m0/s1. The van der Waals surface area contributed by atoms with E-state index in [4.69, 9.17) is 5.73 Å². The zero-order valence-electron chi connectivity index (χ0n) is 21.3. The van der Waals surface area contributed by atoms with Gasteiger partial charge in [-0.25, -0.2) is 18.1 Å². The fraction of sp³-hybridized carbons (Fsp3) is 0.241. The van der Waals surface area contributed by atoms with Crippen LogP contribution in [0.25, 0.3) is 5.70 Å². The first kappa shape index (κ1) is 25.7. The number of aryl methyl sites for hydroxylation is 2. The predicted octanol–water partition coefficient (Wildman–Crippen LogP) is 3.27. The van der Waals surface area contributed by atoms with Crippen molar-refractivity contribution >= 4 is 27.6 Å². The molecule has 3 aromatic rings. The zero-order chi connectivity index (χ0) is 27.0. The highest BCUT2D eigenvalue weighted by Crippen LogP contribution is 2.30. The molecular weight excluding hydrogens is 500 g/mol. The van der Waals surface area contributed by atoms with Gasteiger partial charge in [0.2, 0.25) is 5.96 Å². The molecule has 0 spiro atoms. The summed E-state index contributed by atoms with van der Waals surface area (Å²) in [5, 5.41) is 11.3. The molecule has 1 amide bonds. The minimum absolute atomic E-state index is 0.0924. The molecule has 0 aromatic heterocycles. The van der Waals surface area contributed by atoms with E-state index in [1.165, 1.54) is 18.2 Å². The summed E-state index contributed by atoms with van der Waals surface area (Å²) < 4.78 is 28.7. The van der Waals surface area contributed by atoms with Crippen molar-refractivity contribution in [1.29, 1.82) is 0 Å². The first-order chi connectivity index (χ1) is 18.1. The van der Waals surface area contributed by atoms with E-state index in [1.807, 2.05) is 56.3 Å². The van der Waals surface area contributed by atoms with Crippen LogP contribution in [-0.4, -0.2) is 42.4 Å². The number of aliphatic hydroxyl groups is 1. The molecule has 1 unspecified atom stereocenters. The minimum Gasteiger partial charge on any atom is -0.389 e. The van der Waals surface area contributed by atoms with Crippen LogP contribution in [0.2, 0.25) is 0 Å². The molecule has 2 heterocycles. The summed E-state index contributed by atoms with van der Waals surface area (Å²) >= 11 is 0. The van der Waals surface area contributed by atoms with Crippen LogP contribution in [-0.2, 0) is 23.0 Å². The number of fused-ring (bicyclic) bond motifs is 4. The summed E-state index contributed by atoms with van der Waals surface area (Å²) in [5.41, 5.74) is 11.4. The van der Waals surface area contributed by atoms with Crippen molar-refractivity contribution in [3.8, 4) is 0 Å². The van der Waals surface area contributed by atoms with Crippen molar-refractivity contribution in [2.24, 2.45) is 10.7 Å². The Bertz CT molecular complexity index is 1560. The number of hydrogen-bond donors (Lipinski definition) is 3. The van der Waals surface area contributed by atoms with Crippen LogP contribution < -0.4 is 10.5 Å². The van der Waals surface area contributed by atoms with Gasteiger partial charge in [0, 0.05) is 23.7 Å². The maximum absolute atomic E-state index is 13.7. The van der Waals surface area contributed by atoms with E-state index < -0.39 is 16.1 Å². The SMILES string of the molecule is Cc1cccc(C)c1C1=C/C(O)C[C@@H]2Cc3ccccc3CN2C(=O)c2cccc(c2)S(=O)(=O)N\C(N)=N\1.